The van der Waals surface area contributed by atoms with Crippen LogP contribution in [-0.4, -0.2) is 22.4 Å². The predicted octanol–water partition coefficient (Wildman–Crippen LogP) is 1.87. The zero-order chi connectivity index (χ0) is 14.5. The van der Waals surface area contributed by atoms with E-state index in [9.17, 15) is 4.79 Å². The van der Waals surface area contributed by atoms with Crippen molar-refractivity contribution in [1.29, 1.82) is 0 Å². The minimum absolute atomic E-state index is 0.234. The molecule has 2 aromatic rings. The third-order valence-electron chi connectivity index (χ3n) is 2.50. The first kappa shape index (κ1) is 14.9. The molecule has 6 nitrogen and oxygen atoms in total. The number of amides is 1. The number of nitrogens with zero attached hydrogens (tertiary/aromatic N) is 2. The Hall–Kier alpha value is -1.51. The molecular formula is C12H14BrN5OS. The third-order valence-corrected chi connectivity index (χ3v) is 4.19. The highest BCUT2D eigenvalue weighted by Gasteiger charge is 2.10. The maximum atomic E-state index is 12.0. The van der Waals surface area contributed by atoms with E-state index in [2.05, 4.69) is 36.6 Å². The number of rotatable bonds is 5. The van der Waals surface area contributed by atoms with Crippen LogP contribution in [0, 0.1) is 6.92 Å². The number of carbonyl (C=O) groups is 1. The van der Waals surface area contributed by atoms with Gasteiger partial charge < -0.3 is 5.32 Å². The summed E-state index contributed by atoms with van der Waals surface area (Å²) in [5.74, 6) is 5.26. The zero-order valence-electron chi connectivity index (χ0n) is 10.8. The quantitative estimate of drug-likeness (QED) is 0.562. The number of nitrogen functional groups attached to an aromatic ring is 1. The lowest BCUT2D eigenvalue weighted by Gasteiger charge is -2.06. The minimum Gasteiger partial charge on any atom is -0.350 e. The Morgan fingerprint density at radius 1 is 1.45 bits per heavy atom. The smallest absolute Gasteiger partial charge is 0.270 e. The highest BCUT2D eigenvalue weighted by Crippen LogP contribution is 2.22. The molecule has 4 N–H and O–H groups in total. The predicted molar refractivity (Wildman–Crippen MR) is 82.6 cm³/mol. The molecule has 0 saturated carbocycles. The van der Waals surface area contributed by atoms with Gasteiger partial charge >= 0.3 is 0 Å². The van der Waals surface area contributed by atoms with E-state index in [-0.39, 0.29) is 11.9 Å². The molecule has 1 amide bonds. The maximum absolute atomic E-state index is 12.0. The first-order valence-electron chi connectivity index (χ1n) is 5.93. The first-order chi connectivity index (χ1) is 9.58. The van der Waals surface area contributed by atoms with Crippen LogP contribution < -0.4 is 16.6 Å². The molecule has 0 aliphatic heterocycles. The van der Waals surface area contributed by atoms with Crippen LogP contribution in [0.15, 0.2) is 22.0 Å². The lowest BCUT2D eigenvalue weighted by Crippen LogP contribution is -2.27. The van der Waals surface area contributed by atoms with Crippen LogP contribution in [0.2, 0.25) is 0 Å². The number of nitrogens with two attached hydrogens (primary N) is 1. The number of halogens is 1. The average molecular weight is 356 g/mol. The van der Waals surface area contributed by atoms with Crippen molar-refractivity contribution in [2.24, 2.45) is 5.84 Å². The van der Waals surface area contributed by atoms with E-state index in [1.54, 1.807) is 24.3 Å². The van der Waals surface area contributed by atoms with E-state index >= 15 is 0 Å². The molecule has 106 valence electrons. The number of anilines is 1. The van der Waals surface area contributed by atoms with E-state index in [0.717, 1.165) is 10.2 Å². The molecule has 0 spiro atoms. The van der Waals surface area contributed by atoms with Gasteiger partial charge in [0.15, 0.2) is 0 Å². The fourth-order valence-corrected chi connectivity index (χ4v) is 3.11. The summed E-state index contributed by atoms with van der Waals surface area (Å²) in [6.07, 6.45) is 0.786. The number of nitrogens with one attached hydrogen (secondary N) is 2. The first-order valence-corrected chi connectivity index (χ1v) is 7.54. The Kier molecular flexibility index (Phi) is 5.05. The molecule has 0 unspecified atom stereocenters. The fourth-order valence-electron chi connectivity index (χ4n) is 1.63. The number of aryl methyl sites for hydroxylation is 1. The van der Waals surface area contributed by atoms with Crippen LogP contribution in [0.5, 0.6) is 0 Å². The summed E-state index contributed by atoms with van der Waals surface area (Å²) < 4.78 is 1.09. The van der Waals surface area contributed by atoms with Crippen molar-refractivity contribution in [1.82, 2.24) is 15.3 Å². The van der Waals surface area contributed by atoms with E-state index in [0.29, 0.717) is 17.9 Å². The highest BCUT2D eigenvalue weighted by molar-refractivity contribution is 9.11. The summed E-state index contributed by atoms with van der Waals surface area (Å²) in [5.41, 5.74) is 3.33. The number of carbonyl (C=O) groups excluding carboxylic acids is 1. The largest absolute Gasteiger partial charge is 0.350 e. The molecule has 0 aromatic carbocycles. The van der Waals surface area contributed by atoms with Gasteiger partial charge in [0.2, 0.25) is 5.95 Å². The highest BCUT2D eigenvalue weighted by atomic mass is 79.9. The van der Waals surface area contributed by atoms with Crippen molar-refractivity contribution in [2.45, 2.75) is 13.3 Å². The minimum atomic E-state index is -0.234. The van der Waals surface area contributed by atoms with E-state index in [1.807, 2.05) is 12.1 Å². The van der Waals surface area contributed by atoms with E-state index in [4.69, 9.17) is 5.84 Å². The van der Waals surface area contributed by atoms with Gasteiger partial charge in [-0.05, 0) is 47.5 Å². The van der Waals surface area contributed by atoms with Crippen LogP contribution >= 0.6 is 27.3 Å². The summed E-state index contributed by atoms with van der Waals surface area (Å²) >= 11 is 5.07. The van der Waals surface area contributed by atoms with Crippen LogP contribution in [0.1, 0.15) is 21.1 Å². The lowest BCUT2D eigenvalue weighted by molar-refractivity contribution is 0.0949. The fraction of sp³-hybridized carbons (Fsp3) is 0.250. The summed E-state index contributed by atoms with van der Waals surface area (Å²) in [4.78, 5) is 21.2. The number of aromatic nitrogens is 2. The van der Waals surface area contributed by atoms with Crippen LogP contribution in [0.25, 0.3) is 0 Å². The van der Waals surface area contributed by atoms with Gasteiger partial charge in [0.05, 0.1) is 3.79 Å². The summed E-state index contributed by atoms with van der Waals surface area (Å²) in [6.45, 7) is 2.34. The number of hydrogen-bond acceptors (Lipinski definition) is 6. The SMILES string of the molecule is Cc1cc(C(=O)NCCc2ccc(Br)s2)nc(NN)n1. The van der Waals surface area contributed by atoms with Crippen molar-refractivity contribution < 1.29 is 4.79 Å². The summed E-state index contributed by atoms with van der Waals surface area (Å²) in [5, 5.41) is 2.83. The van der Waals surface area contributed by atoms with Crippen molar-refractivity contribution >= 4 is 39.1 Å². The Morgan fingerprint density at radius 3 is 2.90 bits per heavy atom. The molecule has 8 heteroatoms. The molecule has 0 atom stereocenters. The molecule has 0 saturated heterocycles. The molecule has 0 bridgehead atoms. The monoisotopic (exact) mass is 355 g/mol. The standard InChI is InChI=1S/C12H14BrN5OS/c1-7-6-9(17-12(16-7)18-14)11(19)15-5-4-8-2-3-10(13)20-8/h2-3,6H,4-5,14H2,1H3,(H,15,19)(H,16,17,18). The van der Waals surface area contributed by atoms with Crippen LogP contribution in [-0.2, 0) is 6.42 Å². The Labute approximate surface area is 128 Å². The molecule has 2 rings (SSSR count). The molecule has 0 fully saturated rings. The number of thiophene rings is 1. The second-order valence-corrected chi connectivity index (χ2v) is 6.62. The zero-order valence-corrected chi connectivity index (χ0v) is 13.2. The molecule has 2 heterocycles. The molecule has 0 radical (unpaired) electrons. The van der Waals surface area contributed by atoms with E-state index < -0.39 is 0 Å². The van der Waals surface area contributed by atoms with Gasteiger partial charge in [-0.15, -0.1) is 11.3 Å². The Morgan fingerprint density at radius 2 is 2.25 bits per heavy atom. The summed E-state index contributed by atoms with van der Waals surface area (Å²) in [7, 11) is 0. The Bertz CT molecular complexity index is 616. The molecule has 2 aromatic heterocycles. The molecular weight excluding hydrogens is 342 g/mol. The Balaban J connectivity index is 1.93. The maximum Gasteiger partial charge on any atom is 0.270 e. The van der Waals surface area contributed by atoms with Crippen molar-refractivity contribution in [3.8, 4) is 0 Å². The van der Waals surface area contributed by atoms with Crippen molar-refractivity contribution in [3.63, 3.8) is 0 Å². The normalized spacial score (nSPS) is 10.3. The van der Waals surface area contributed by atoms with Crippen molar-refractivity contribution in [2.75, 3.05) is 12.0 Å². The molecule has 0 aliphatic rings. The topological polar surface area (TPSA) is 92.9 Å². The molecule has 20 heavy (non-hydrogen) atoms. The van der Waals surface area contributed by atoms with Gasteiger partial charge in [-0.2, -0.15) is 0 Å². The van der Waals surface area contributed by atoms with Gasteiger partial charge in [-0.3, -0.25) is 10.2 Å². The summed E-state index contributed by atoms with van der Waals surface area (Å²) in [6, 6.07) is 5.65. The van der Waals surface area contributed by atoms with Gasteiger partial charge in [-0.1, -0.05) is 0 Å². The number of hydrazine groups is 1. The average Bonchev–Trinajstić information content (AvgIpc) is 2.83. The second kappa shape index (κ2) is 6.78. The van der Waals surface area contributed by atoms with Crippen LogP contribution in [0.4, 0.5) is 5.95 Å². The van der Waals surface area contributed by atoms with Gasteiger partial charge in [0.25, 0.3) is 5.91 Å². The third kappa shape index (κ3) is 3.99. The van der Waals surface area contributed by atoms with Crippen LogP contribution in [0.3, 0.4) is 0 Å². The molecule has 0 aliphatic carbocycles. The van der Waals surface area contributed by atoms with Gasteiger partial charge in [-0.25, -0.2) is 15.8 Å². The van der Waals surface area contributed by atoms with Gasteiger partial charge in [0.1, 0.15) is 5.69 Å². The van der Waals surface area contributed by atoms with E-state index in [1.165, 1.54) is 4.88 Å². The van der Waals surface area contributed by atoms with Gasteiger partial charge in [0, 0.05) is 17.1 Å². The van der Waals surface area contributed by atoms with Crippen molar-refractivity contribution in [3.05, 3.63) is 38.3 Å². The second-order valence-electron chi connectivity index (χ2n) is 4.07. The number of hydrogen-bond donors (Lipinski definition) is 3. The lowest BCUT2D eigenvalue weighted by atomic mass is 10.3.